The van der Waals surface area contributed by atoms with Crippen molar-refractivity contribution in [2.75, 3.05) is 18.4 Å². The molecule has 21 heavy (non-hydrogen) atoms. The van der Waals surface area contributed by atoms with E-state index in [1.165, 1.54) is 11.1 Å². The van der Waals surface area contributed by atoms with Gasteiger partial charge in [-0.15, -0.1) is 0 Å². The van der Waals surface area contributed by atoms with Crippen LogP contribution in [0.15, 0.2) is 42.7 Å². The Kier molecular flexibility index (Phi) is 5.70. The van der Waals surface area contributed by atoms with Crippen LogP contribution >= 0.6 is 0 Å². The van der Waals surface area contributed by atoms with E-state index in [9.17, 15) is 4.79 Å². The van der Waals surface area contributed by atoms with Crippen LogP contribution in [0.2, 0.25) is 0 Å². The van der Waals surface area contributed by atoms with Crippen molar-refractivity contribution >= 4 is 11.9 Å². The molecule has 0 spiro atoms. The Bertz CT molecular complexity index is 571. The number of hydrogen-bond donors (Lipinski definition) is 2. The molecule has 0 aliphatic heterocycles. The molecule has 0 atom stereocenters. The summed E-state index contributed by atoms with van der Waals surface area (Å²) in [6.45, 7) is 3.27. The first kappa shape index (κ1) is 15.0. The number of nitrogens with zero attached hydrogens (tertiary/aromatic N) is 2. The first-order chi connectivity index (χ1) is 10.3. The standard InChI is InChI=1S/C16H20N4O/c1-13-5-2-3-6-14(13)7-11-17-15(21)8-12-20-16-18-9-4-10-19-16/h2-6,9-10H,7-8,11-12H2,1H3,(H,17,21)(H,18,19,20). The second kappa shape index (κ2) is 7.99. The van der Waals surface area contributed by atoms with E-state index in [1.807, 2.05) is 12.1 Å². The number of aryl methyl sites for hydroxylation is 1. The average molecular weight is 284 g/mol. The highest BCUT2D eigenvalue weighted by Crippen LogP contribution is 2.06. The Morgan fingerprint density at radius 3 is 2.62 bits per heavy atom. The first-order valence-corrected chi connectivity index (χ1v) is 7.08. The number of hydrogen-bond acceptors (Lipinski definition) is 4. The van der Waals surface area contributed by atoms with Gasteiger partial charge in [0.05, 0.1) is 0 Å². The summed E-state index contributed by atoms with van der Waals surface area (Å²) >= 11 is 0. The molecular weight excluding hydrogens is 264 g/mol. The fourth-order valence-corrected chi connectivity index (χ4v) is 1.99. The Morgan fingerprint density at radius 2 is 1.86 bits per heavy atom. The van der Waals surface area contributed by atoms with Gasteiger partial charge in [-0.3, -0.25) is 4.79 Å². The third-order valence-electron chi connectivity index (χ3n) is 3.18. The van der Waals surface area contributed by atoms with Crippen molar-refractivity contribution in [1.29, 1.82) is 0 Å². The van der Waals surface area contributed by atoms with Gasteiger partial charge in [0.1, 0.15) is 0 Å². The molecule has 0 bridgehead atoms. The minimum absolute atomic E-state index is 0.0343. The van der Waals surface area contributed by atoms with E-state index < -0.39 is 0 Å². The number of aromatic nitrogens is 2. The van der Waals surface area contributed by atoms with E-state index in [2.05, 4.69) is 39.7 Å². The molecule has 110 valence electrons. The van der Waals surface area contributed by atoms with Crippen molar-refractivity contribution in [3.05, 3.63) is 53.9 Å². The molecule has 2 aromatic rings. The Morgan fingerprint density at radius 1 is 1.10 bits per heavy atom. The highest BCUT2D eigenvalue weighted by Gasteiger charge is 2.02. The molecule has 0 aliphatic carbocycles. The maximum atomic E-state index is 11.7. The van der Waals surface area contributed by atoms with Crippen LogP contribution in [-0.2, 0) is 11.2 Å². The molecule has 1 aromatic carbocycles. The number of rotatable bonds is 7. The summed E-state index contributed by atoms with van der Waals surface area (Å²) in [6, 6.07) is 9.98. The van der Waals surface area contributed by atoms with E-state index >= 15 is 0 Å². The molecule has 1 amide bonds. The van der Waals surface area contributed by atoms with E-state index in [0.717, 1.165) is 6.42 Å². The lowest BCUT2D eigenvalue weighted by Crippen LogP contribution is -2.27. The van der Waals surface area contributed by atoms with Crippen LogP contribution in [0.5, 0.6) is 0 Å². The molecule has 0 saturated heterocycles. The van der Waals surface area contributed by atoms with Gasteiger partial charge in [-0.1, -0.05) is 24.3 Å². The molecule has 1 heterocycles. The second-order valence-electron chi connectivity index (χ2n) is 4.78. The summed E-state index contributed by atoms with van der Waals surface area (Å²) in [5.74, 6) is 0.581. The van der Waals surface area contributed by atoms with Crippen LogP contribution in [-0.4, -0.2) is 29.0 Å². The van der Waals surface area contributed by atoms with E-state index in [1.54, 1.807) is 18.5 Å². The van der Waals surface area contributed by atoms with Crippen LogP contribution in [0.4, 0.5) is 5.95 Å². The van der Waals surface area contributed by atoms with Crippen LogP contribution in [0, 0.1) is 6.92 Å². The summed E-state index contributed by atoms with van der Waals surface area (Å²) < 4.78 is 0. The quantitative estimate of drug-likeness (QED) is 0.815. The lowest BCUT2D eigenvalue weighted by molar-refractivity contribution is -0.120. The summed E-state index contributed by atoms with van der Waals surface area (Å²) in [7, 11) is 0. The molecule has 0 fully saturated rings. The molecule has 2 N–H and O–H groups in total. The zero-order valence-electron chi connectivity index (χ0n) is 12.2. The smallest absolute Gasteiger partial charge is 0.222 e. The van der Waals surface area contributed by atoms with Crippen molar-refractivity contribution in [2.24, 2.45) is 0 Å². The van der Waals surface area contributed by atoms with Gasteiger partial charge < -0.3 is 10.6 Å². The topological polar surface area (TPSA) is 66.9 Å². The van der Waals surface area contributed by atoms with Crippen molar-refractivity contribution < 1.29 is 4.79 Å². The fourth-order valence-electron chi connectivity index (χ4n) is 1.99. The van der Waals surface area contributed by atoms with E-state index in [-0.39, 0.29) is 5.91 Å². The molecular formula is C16H20N4O. The summed E-state index contributed by atoms with van der Waals surface area (Å²) in [5, 5.41) is 5.93. The molecule has 2 rings (SSSR count). The number of carbonyl (C=O) groups is 1. The Hall–Kier alpha value is -2.43. The van der Waals surface area contributed by atoms with Gasteiger partial charge in [0.15, 0.2) is 0 Å². The third kappa shape index (κ3) is 5.22. The van der Waals surface area contributed by atoms with E-state index in [4.69, 9.17) is 0 Å². The Balaban J connectivity index is 1.63. The molecule has 0 saturated carbocycles. The van der Waals surface area contributed by atoms with Crippen LogP contribution in [0.3, 0.4) is 0 Å². The average Bonchev–Trinajstić information content (AvgIpc) is 2.50. The molecule has 0 radical (unpaired) electrons. The summed E-state index contributed by atoms with van der Waals surface area (Å²) in [6.07, 6.45) is 4.59. The fraction of sp³-hybridized carbons (Fsp3) is 0.312. The largest absolute Gasteiger partial charge is 0.356 e. The lowest BCUT2D eigenvalue weighted by atomic mass is 10.1. The number of carbonyl (C=O) groups excluding carboxylic acids is 1. The minimum Gasteiger partial charge on any atom is -0.356 e. The van der Waals surface area contributed by atoms with Crippen molar-refractivity contribution in [1.82, 2.24) is 15.3 Å². The number of benzene rings is 1. The minimum atomic E-state index is 0.0343. The summed E-state index contributed by atoms with van der Waals surface area (Å²) in [5.41, 5.74) is 2.53. The van der Waals surface area contributed by atoms with Gasteiger partial charge in [0.25, 0.3) is 0 Å². The Labute approximate surface area is 124 Å². The predicted molar refractivity (Wildman–Crippen MR) is 83.0 cm³/mol. The monoisotopic (exact) mass is 284 g/mol. The van der Waals surface area contributed by atoms with Gasteiger partial charge in [-0.25, -0.2) is 9.97 Å². The zero-order chi connectivity index (χ0) is 14.9. The van der Waals surface area contributed by atoms with Gasteiger partial charge in [-0.2, -0.15) is 0 Å². The van der Waals surface area contributed by atoms with Crippen molar-refractivity contribution in [3.63, 3.8) is 0 Å². The number of anilines is 1. The SMILES string of the molecule is Cc1ccccc1CCNC(=O)CCNc1ncccn1. The molecule has 1 aromatic heterocycles. The van der Waals surface area contributed by atoms with Crippen molar-refractivity contribution in [3.8, 4) is 0 Å². The summed E-state index contributed by atoms with van der Waals surface area (Å²) in [4.78, 5) is 19.8. The van der Waals surface area contributed by atoms with Gasteiger partial charge >= 0.3 is 0 Å². The maximum Gasteiger partial charge on any atom is 0.222 e. The second-order valence-corrected chi connectivity index (χ2v) is 4.78. The van der Waals surface area contributed by atoms with Crippen molar-refractivity contribution in [2.45, 2.75) is 19.8 Å². The lowest BCUT2D eigenvalue weighted by Gasteiger charge is -2.08. The highest BCUT2D eigenvalue weighted by atomic mass is 16.1. The molecule has 5 nitrogen and oxygen atoms in total. The molecule has 5 heteroatoms. The normalized spacial score (nSPS) is 10.1. The zero-order valence-corrected chi connectivity index (χ0v) is 12.2. The van der Waals surface area contributed by atoms with Gasteiger partial charge in [-0.05, 0) is 30.5 Å². The molecule has 0 aliphatic rings. The first-order valence-electron chi connectivity index (χ1n) is 7.08. The number of amides is 1. The maximum absolute atomic E-state index is 11.7. The van der Waals surface area contributed by atoms with Gasteiger partial charge in [0.2, 0.25) is 11.9 Å². The van der Waals surface area contributed by atoms with Gasteiger partial charge in [0, 0.05) is 31.9 Å². The highest BCUT2D eigenvalue weighted by molar-refractivity contribution is 5.76. The van der Waals surface area contributed by atoms with Crippen LogP contribution < -0.4 is 10.6 Å². The number of nitrogens with one attached hydrogen (secondary N) is 2. The predicted octanol–water partition coefficient (Wildman–Crippen LogP) is 1.95. The van der Waals surface area contributed by atoms with Crippen LogP contribution in [0.25, 0.3) is 0 Å². The van der Waals surface area contributed by atoms with Crippen LogP contribution in [0.1, 0.15) is 17.5 Å². The molecule has 0 unspecified atom stereocenters. The third-order valence-corrected chi connectivity index (χ3v) is 3.18. The van der Waals surface area contributed by atoms with E-state index in [0.29, 0.717) is 25.5 Å².